The highest BCUT2D eigenvalue weighted by Gasteiger charge is 2.33. The molecule has 1 aromatic heterocycles. The molecule has 1 heterocycles. The number of carbonyl (C=O) groups excluding carboxylic acids is 1. The van der Waals surface area contributed by atoms with Crippen LogP contribution >= 0.6 is 11.3 Å². The van der Waals surface area contributed by atoms with E-state index in [9.17, 15) is 18.0 Å². The number of amides is 1. The van der Waals surface area contributed by atoms with Gasteiger partial charge in [0.25, 0.3) is 5.91 Å². The summed E-state index contributed by atoms with van der Waals surface area (Å²) >= 11 is 1.55. The Morgan fingerprint density at radius 1 is 1.30 bits per heavy atom. The van der Waals surface area contributed by atoms with Crippen LogP contribution in [-0.4, -0.2) is 13.0 Å². The SMILES string of the molecule is C=C(C)c1c(NC(=O)c2ccc(C(F)(F)F)cc2CNC)sc2c1CC(C)(C)CC2. The van der Waals surface area contributed by atoms with E-state index < -0.39 is 17.6 Å². The first-order valence-corrected chi connectivity index (χ1v) is 10.7. The molecule has 1 aliphatic carbocycles. The quantitative estimate of drug-likeness (QED) is 0.579. The van der Waals surface area contributed by atoms with Gasteiger partial charge in [-0.1, -0.05) is 20.4 Å². The van der Waals surface area contributed by atoms with Crippen LogP contribution in [0, 0.1) is 5.41 Å². The third-order valence-electron chi connectivity index (χ3n) is 5.47. The standard InChI is InChI=1S/C23H27F3N2OS/c1-13(2)19-17-11-22(3,4)9-8-18(17)30-21(19)28-20(29)16-7-6-15(23(24,25)26)10-14(16)12-27-5/h6-7,10,27H,1,8-9,11-12H2,2-5H3,(H,28,29). The van der Waals surface area contributed by atoms with E-state index in [-0.39, 0.29) is 17.5 Å². The van der Waals surface area contributed by atoms with Crippen molar-refractivity contribution in [2.24, 2.45) is 5.41 Å². The molecule has 0 saturated heterocycles. The van der Waals surface area contributed by atoms with Gasteiger partial charge in [-0.2, -0.15) is 13.2 Å². The Balaban J connectivity index is 1.97. The number of anilines is 1. The Labute approximate surface area is 179 Å². The van der Waals surface area contributed by atoms with Crippen molar-refractivity contribution >= 4 is 27.8 Å². The fourth-order valence-corrected chi connectivity index (χ4v) is 5.25. The van der Waals surface area contributed by atoms with Crippen molar-refractivity contribution in [3.8, 4) is 0 Å². The fourth-order valence-electron chi connectivity index (χ4n) is 3.96. The highest BCUT2D eigenvalue weighted by Crippen LogP contribution is 2.46. The molecule has 0 spiro atoms. The van der Waals surface area contributed by atoms with E-state index in [4.69, 9.17) is 0 Å². The summed E-state index contributed by atoms with van der Waals surface area (Å²) in [5.41, 5.74) is 3.05. The van der Waals surface area contributed by atoms with Gasteiger partial charge in [0.1, 0.15) is 5.00 Å². The molecular formula is C23H27F3N2OS. The number of nitrogens with one attached hydrogen (secondary N) is 2. The molecule has 1 aliphatic rings. The van der Waals surface area contributed by atoms with Crippen molar-refractivity contribution in [1.82, 2.24) is 5.32 Å². The zero-order valence-electron chi connectivity index (χ0n) is 17.7. The summed E-state index contributed by atoms with van der Waals surface area (Å²) in [7, 11) is 1.64. The van der Waals surface area contributed by atoms with E-state index in [1.54, 1.807) is 18.4 Å². The van der Waals surface area contributed by atoms with Crippen molar-refractivity contribution < 1.29 is 18.0 Å². The molecule has 1 amide bonds. The van der Waals surface area contributed by atoms with Gasteiger partial charge in [-0.3, -0.25) is 4.79 Å². The number of thiophene rings is 1. The van der Waals surface area contributed by atoms with Gasteiger partial charge < -0.3 is 10.6 Å². The van der Waals surface area contributed by atoms with Crippen molar-refractivity contribution in [1.29, 1.82) is 0 Å². The van der Waals surface area contributed by atoms with Crippen molar-refractivity contribution in [3.63, 3.8) is 0 Å². The predicted octanol–water partition coefficient (Wildman–Crippen LogP) is 6.29. The van der Waals surface area contributed by atoms with Crippen molar-refractivity contribution in [3.05, 3.63) is 57.5 Å². The van der Waals surface area contributed by atoms with Crippen LogP contribution in [0.3, 0.4) is 0 Å². The molecule has 0 saturated carbocycles. The first-order valence-electron chi connectivity index (χ1n) is 9.89. The number of hydrogen-bond donors (Lipinski definition) is 2. The number of allylic oxidation sites excluding steroid dienone is 1. The van der Waals surface area contributed by atoms with Gasteiger partial charge in [0, 0.05) is 22.5 Å². The molecule has 7 heteroatoms. The van der Waals surface area contributed by atoms with Gasteiger partial charge in [-0.15, -0.1) is 11.3 Å². The third-order valence-corrected chi connectivity index (χ3v) is 6.68. The van der Waals surface area contributed by atoms with E-state index >= 15 is 0 Å². The number of benzene rings is 1. The van der Waals surface area contributed by atoms with E-state index in [0.717, 1.165) is 47.5 Å². The van der Waals surface area contributed by atoms with Crippen LogP contribution in [0.25, 0.3) is 5.57 Å². The van der Waals surface area contributed by atoms with Crippen LogP contribution in [0.15, 0.2) is 24.8 Å². The van der Waals surface area contributed by atoms with Crippen LogP contribution in [0.5, 0.6) is 0 Å². The molecule has 3 nitrogen and oxygen atoms in total. The van der Waals surface area contributed by atoms with E-state index in [1.807, 2.05) is 6.92 Å². The molecule has 0 aliphatic heterocycles. The topological polar surface area (TPSA) is 41.1 Å². The fraction of sp³-hybridized carbons (Fsp3) is 0.435. The maximum atomic E-state index is 13.1. The Hall–Kier alpha value is -2.12. The van der Waals surface area contributed by atoms with Crippen LogP contribution in [0.2, 0.25) is 0 Å². The molecule has 1 aromatic carbocycles. The first-order chi connectivity index (χ1) is 13.9. The lowest BCUT2D eigenvalue weighted by atomic mass is 9.75. The minimum atomic E-state index is -4.45. The lowest BCUT2D eigenvalue weighted by Crippen LogP contribution is -2.21. The predicted molar refractivity (Wildman–Crippen MR) is 117 cm³/mol. The van der Waals surface area contributed by atoms with Gasteiger partial charge in [-0.05, 0) is 73.5 Å². The lowest BCUT2D eigenvalue weighted by molar-refractivity contribution is -0.137. The second kappa shape index (κ2) is 8.19. The summed E-state index contributed by atoms with van der Waals surface area (Å²) in [6, 6.07) is 3.24. The van der Waals surface area contributed by atoms with Crippen molar-refractivity contribution in [2.45, 2.75) is 52.8 Å². The minimum absolute atomic E-state index is 0.162. The van der Waals surface area contributed by atoms with Gasteiger partial charge in [0.05, 0.1) is 5.56 Å². The average molecular weight is 437 g/mol. The van der Waals surface area contributed by atoms with Crippen LogP contribution in [0.4, 0.5) is 18.2 Å². The Kier molecular flexibility index (Phi) is 6.16. The van der Waals surface area contributed by atoms with E-state index in [0.29, 0.717) is 5.56 Å². The normalized spacial score (nSPS) is 15.6. The minimum Gasteiger partial charge on any atom is -0.316 e. The van der Waals surface area contributed by atoms with Gasteiger partial charge in [0.15, 0.2) is 0 Å². The van der Waals surface area contributed by atoms with Crippen molar-refractivity contribution in [2.75, 3.05) is 12.4 Å². The maximum Gasteiger partial charge on any atom is 0.416 e. The van der Waals surface area contributed by atoms with Crippen LogP contribution in [-0.2, 0) is 25.6 Å². The molecule has 0 atom stereocenters. The highest BCUT2D eigenvalue weighted by molar-refractivity contribution is 7.16. The molecule has 2 aromatic rings. The van der Waals surface area contributed by atoms with Gasteiger partial charge in [0.2, 0.25) is 0 Å². The number of hydrogen-bond acceptors (Lipinski definition) is 3. The van der Waals surface area contributed by atoms with E-state index in [1.165, 1.54) is 16.5 Å². The summed E-state index contributed by atoms with van der Waals surface area (Å²) in [6.45, 7) is 10.7. The summed E-state index contributed by atoms with van der Waals surface area (Å²) in [5, 5.41) is 6.53. The number of rotatable bonds is 5. The zero-order valence-corrected chi connectivity index (χ0v) is 18.5. The second-order valence-electron chi connectivity index (χ2n) is 8.68. The largest absolute Gasteiger partial charge is 0.416 e. The van der Waals surface area contributed by atoms with Gasteiger partial charge >= 0.3 is 6.18 Å². The molecule has 0 fully saturated rings. The monoisotopic (exact) mass is 436 g/mol. The molecule has 0 radical (unpaired) electrons. The number of fused-ring (bicyclic) bond motifs is 1. The average Bonchev–Trinajstić information content (AvgIpc) is 2.97. The zero-order chi connectivity index (χ0) is 22.3. The summed E-state index contributed by atoms with van der Waals surface area (Å²) < 4.78 is 39.3. The molecule has 162 valence electrons. The molecule has 0 unspecified atom stereocenters. The summed E-state index contributed by atoms with van der Waals surface area (Å²) in [5.74, 6) is -0.408. The Bertz CT molecular complexity index is 989. The van der Waals surface area contributed by atoms with E-state index in [2.05, 4.69) is 31.1 Å². The summed E-state index contributed by atoms with van der Waals surface area (Å²) in [4.78, 5) is 14.3. The third kappa shape index (κ3) is 4.62. The smallest absolute Gasteiger partial charge is 0.316 e. The first kappa shape index (κ1) is 22.6. The Morgan fingerprint density at radius 2 is 2.00 bits per heavy atom. The number of halogens is 3. The van der Waals surface area contributed by atoms with Crippen LogP contribution < -0.4 is 10.6 Å². The molecular weight excluding hydrogens is 409 g/mol. The lowest BCUT2D eigenvalue weighted by Gasteiger charge is -2.30. The molecule has 30 heavy (non-hydrogen) atoms. The number of alkyl halides is 3. The Morgan fingerprint density at radius 3 is 2.60 bits per heavy atom. The maximum absolute atomic E-state index is 13.1. The second-order valence-corrected chi connectivity index (χ2v) is 9.79. The van der Waals surface area contributed by atoms with Gasteiger partial charge in [-0.25, -0.2) is 0 Å². The molecule has 0 bridgehead atoms. The number of carbonyl (C=O) groups is 1. The van der Waals surface area contributed by atoms with Crippen LogP contribution in [0.1, 0.15) is 64.7 Å². The molecule has 3 rings (SSSR count). The highest BCUT2D eigenvalue weighted by atomic mass is 32.1. The molecule has 2 N–H and O–H groups in total. The summed E-state index contributed by atoms with van der Waals surface area (Å²) in [6.07, 6.45) is -1.50. The number of aryl methyl sites for hydroxylation is 1.